The second-order valence-electron chi connectivity index (χ2n) is 10.2. The van der Waals surface area contributed by atoms with Crippen molar-refractivity contribution in [1.82, 2.24) is 24.6 Å². The molecule has 3 aromatic rings. The van der Waals surface area contributed by atoms with Gasteiger partial charge in [0.15, 0.2) is 0 Å². The number of alkyl halides is 5. The molecule has 0 bridgehead atoms. The molecular formula is C27H25ClF5N5O3. The van der Waals surface area contributed by atoms with E-state index in [1.807, 2.05) is 6.92 Å². The topological polar surface area (TPSA) is 80.6 Å². The predicted molar refractivity (Wildman–Crippen MR) is 137 cm³/mol. The zero-order valence-corrected chi connectivity index (χ0v) is 22.9. The molecule has 0 N–H and O–H groups in total. The molecule has 0 aliphatic carbocycles. The number of ether oxygens (including phenoxy) is 1. The van der Waals surface area contributed by atoms with Crippen LogP contribution in [0, 0.1) is 0 Å². The summed E-state index contributed by atoms with van der Waals surface area (Å²) in [6.45, 7) is 2.60. The molecule has 2 aliphatic rings. The van der Waals surface area contributed by atoms with E-state index in [2.05, 4.69) is 14.8 Å². The van der Waals surface area contributed by atoms with Crippen LogP contribution in [0.25, 0.3) is 0 Å². The maximum absolute atomic E-state index is 13.8. The number of benzene rings is 1. The Bertz CT molecular complexity index is 1510. The summed E-state index contributed by atoms with van der Waals surface area (Å²) in [6.07, 6.45) is -3.11. The van der Waals surface area contributed by atoms with E-state index in [-0.39, 0.29) is 42.2 Å². The van der Waals surface area contributed by atoms with Gasteiger partial charge in [0, 0.05) is 42.4 Å². The molecule has 0 radical (unpaired) electrons. The molecule has 0 fully saturated rings. The number of aromatic nitrogens is 3. The van der Waals surface area contributed by atoms with E-state index in [9.17, 15) is 31.5 Å². The Balaban J connectivity index is 1.45. The van der Waals surface area contributed by atoms with Crippen LogP contribution in [0.2, 0.25) is 5.02 Å². The number of fused-ring (bicyclic) bond motifs is 3. The molecule has 0 spiro atoms. The van der Waals surface area contributed by atoms with E-state index < -0.39 is 41.4 Å². The molecule has 3 atom stereocenters. The van der Waals surface area contributed by atoms with Gasteiger partial charge in [-0.3, -0.25) is 14.3 Å². The highest BCUT2D eigenvalue weighted by Gasteiger charge is 2.41. The Kier molecular flexibility index (Phi) is 7.43. The van der Waals surface area contributed by atoms with Crippen molar-refractivity contribution in [2.24, 2.45) is 0 Å². The zero-order valence-electron chi connectivity index (χ0n) is 22.1. The van der Waals surface area contributed by atoms with Crippen LogP contribution in [0.3, 0.4) is 0 Å². The lowest BCUT2D eigenvalue weighted by atomic mass is 9.96. The molecule has 0 saturated heterocycles. The summed E-state index contributed by atoms with van der Waals surface area (Å²) in [4.78, 5) is 34.1. The Labute approximate surface area is 236 Å². The number of amides is 2. The van der Waals surface area contributed by atoms with Gasteiger partial charge in [-0.1, -0.05) is 11.6 Å². The summed E-state index contributed by atoms with van der Waals surface area (Å²) in [5.74, 6) is -1.27. The van der Waals surface area contributed by atoms with Crippen molar-refractivity contribution in [2.75, 3.05) is 6.54 Å². The highest BCUT2D eigenvalue weighted by Crippen LogP contribution is 2.38. The molecule has 5 rings (SSSR count). The second kappa shape index (κ2) is 10.6. The third-order valence-corrected chi connectivity index (χ3v) is 7.81. The fraction of sp³-hybridized carbons (Fsp3) is 0.407. The number of hydrogen-bond acceptors (Lipinski definition) is 5. The number of rotatable bonds is 5. The molecule has 8 nitrogen and oxygen atoms in total. The Morgan fingerprint density at radius 2 is 1.88 bits per heavy atom. The molecule has 2 aromatic heterocycles. The van der Waals surface area contributed by atoms with Crippen molar-refractivity contribution < 1.29 is 36.3 Å². The van der Waals surface area contributed by atoms with Gasteiger partial charge in [-0.25, -0.2) is 4.98 Å². The smallest absolute Gasteiger partial charge is 0.417 e. The summed E-state index contributed by atoms with van der Waals surface area (Å²) in [6, 6.07) is 4.78. The summed E-state index contributed by atoms with van der Waals surface area (Å²) < 4.78 is 71.7. The quantitative estimate of drug-likeness (QED) is 0.341. The van der Waals surface area contributed by atoms with Crippen molar-refractivity contribution in [3.63, 3.8) is 0 Å². The van der Waals surface area contributed by atoms with E-state index in [4.69, 9.17) is 11.6 Å². The van der Waals surface area contributed by atoms with Gasteiger partial charge in [0.2, 0.25) is 5.88 Å². The van der Waals surface area contributed by atoms with Crippen LogP contribution in [0.15, 0.2) is 36.5 Å². The van der Waals surface area contributed by atoms with Gasteiger partial charge in [-0.2, -0.15) is 27.1 Å². The first-order valence-electron chi connectivity index (χ1n) is 12.8. The number of pyridine rings is 1. The fourth-order valence-electron chi connectivity index (χ4n) is 5.36. The van der Waals surface area contributed by atoms with Gasteiger partial charge < -0.3 is 14.5 Å². The second-order valence-corrected chi connectivity index (χ2v) is 10.6. The fourth-order valence-corrected chi connectivity index (χ4v) is 5.58. The number of carbonyl (C=O) groups is 2. The van der Waals surface area contributed by atoms with Crippen LogP contribution in [0.1, 0.15) is 76.1 Å². The van der Waals surface area contributed by atoms with Crippen molar-refractivity contribution in [3.8, 4) is 5.88 Å². The normalized spacial score (nSPS) is 19.7. The monoisotopic (exact) mass is 597 g/mol. The van der Waals surface area contributed by atoms with E-state index >= 15 is 0 Å². The summed E-state index contributed by atoms with van der Waals surface area (Å²) in [5.41, 5.74) is 0.686. The third-order valence-electron chi connectivity index (χ3n) is 7.48. The van der Waals surface area contributed by atoms with E-state index in [0.29, 0.717) is 23.2 Å². The SMILES string of the molecule is C[C@@H]1Cc2nn3c(c2CN1C(=O)c1ccc(Cl)c(C(F)(F)F)c1)C(=O)N([C@H](C)c1ccnc(OC(F)F)c1)C[C@H]3C. The molecule has 14 heteroatoms. The lowest BCUT2D eigenvalue weighted by Gasteiger charge is -2.37. The summed E-state index contributed by atoms with van der Waals surface area (Å²) in [7, 11) is 0. The Morgan fingerprint density at radius 3 is 2.56 bits per heavy atom. The molecule has 1 aromatic carbocycles. The first-order chi connectivity index (χ1) is 19.3. The average molecular weight is 598 g/mol. The number of carbonyl (C=O) groups excluding carboxylic acids is 2. The van der Waals surface area contributed by atoms with Crippen LogP contribution in [-0.4, -0.2) is 55.6 Å². The van der Waals surface area contributed by atoms with Crippen molar-refractivity contribution in [3.05, 3.63) is 75.2 Å². The Hall–Kier alpha value is -3.74. The lowest BCUT2D eigenvalue weighted by Crippen LogP contribution is -2.45. The summed E-state index contributed by atoms with van der Waals surface area (Å²) in [5, 5.41) is 4.15. The van der Waals surface area contributed by atoms with Gasteiger partial charge in [-0.05, 0) is 50.6 Å². The van der Waals surface area contributed by atoms with E-state index in [1.54, 1.807) is 29.5 Å². The van der Waals surface area contributed by atoms with E-state index in [1.165, 1.54) is 23.2 Å². The standard InChI is InChI=1S/C27H25ClF5N5O3/c1-13-8-21-18(12-36(13)24(39)17-4-5-20(28)19(9-17)27(31,32)33)23-25(40)37(11-14(2)38(23)35-21)15(3)16-6-7-34-22(10-16)41-26(29)30/h4-7,9-10,13-15,26H,8,11-12H2,1-3H3/t13-,14-,15-/m1/s1. The van der Waals surface area contributed by atoms with Gasteiger partial charge in [0.05, 0.1) is 34.9 Å². The largest absolute Gasteiger partial charge is 0.417 e. The van der Waals surface area contributed by atoms with Gasteiger partial charge >= 0.3 is 12.8 Å². The predicted octanol–water partition coefficient (Wildman–Crippen LogP) is 5.92. The average Bonchev–Trinajstić information content (AvgIpc) is 3.28. The molecule has 0 saturated carbocycles. The van der Waals surface area contributed by atoms with Crippen LogP contribution in [0.5, 0.6) is 5.88 Å². The Morgan fingerprint density at radius 1 is 1.15 bits per heavy atom. The molecule has 2 amide bonds. The van der Waals surface area contributed by atoms with Crippen molar-refractivity contribution >= 4 is 23.4 Å². The maximum Gasteiger partial charge on any atom is 0.417 e. The van der Waals surface area contributed by atoms with Gasteiger partial charge in [0.1, 0.15) is 5.69 Å². The minimum atomic E-state index is -4.73. The van der Waals surface area contributed by atoms with Crippen LogP contribution >= 0.6 is 11.6 Å². The van der Waals surface area contributed by atoms with Crippen molar-refractivity contribution in [2.45, 2.75) is 64.7 Å². The first kappa shape index (κ1) is 28.8. The van der Waals surface area contributed by atoms with Crippen LogP contribution < -0.4 is 4.74 Å². The van der Waals surface area contributed by atoms with Crippen molar-refractivity contribution in [1.29, 1.82) is 0 Å². The molecule has 41 heavy (non-hydrogen) atoms. The molecule has 0 unspecified atom stereocenters. The third kappa shape index (κ3) is 5.34. The summed E-state index contributed by atoms with van der Waals surface area (Å²) >= 11 is 5.73. The number of nitrogens with zero attached hydrogens (tertiary/aromatic N) is 5. The lowest BCUT2D eigenvalue weighted by molar-refractivity contribution is -0.137. The van der Waals surface area contributed by atoms with Gasteiger partial charge in [-0.15, -0.1) is 0 Å². The zero-order chi connectivity index (χ0) is 29.8. The molecule has 4 heterocycles. The number of halogens is 6. The highest BCUT2D eigenvalue weighted by molar-refractivity contribution is 6.31. The van der Waals surface area contributed by atoms with Gasteiger partial charge in [0.25, 0.3) is 11.8 Å². The highest BCUT2D eigenvalue weighted by atomic mass is 35.5. The minimum absolute atomic E-state index is 0.0308. The molecule has 2 aliphatic heterocycles. The number of hydrogen-bond donors (Lipinski definition) is 0. The molecular weight excluding hydrogens is 573 g/mol. The minimum Gasteiger partial charge on any atom is -0.417 e. The van der Waals surface area contributed by atoms with Crippen LogP contribution in [-0.2, 0) is 19.1 Å². The molecule has 218 valence electrons. The van der Waals surface area contributed by atoms with Crippen LogP contribution in [0.4, 0.5) is 22.0 Å². The van der Waals surface area contributed by atoms with E-state index in [0.717, 1.165) is 12.1 Å². The first-order valence-corrected chi connectivity index (χ1v) is 13.1. The maximum atomic E-state index is 13.8.